The Hall–Kier alpha value is -1.83. The molecular weight excluding hydrogens is 363 g/mol. The van der Waals surface area contributed by atoms with Crippen LogP contribution in [-0.4, -0.2) is 38.6 Å². The van der Waals surface area contributed by atoms with E-state index in [1.54, 1.807) is 18.2 Å². The van der Waals surface area contributed by atoms with Crippen LogP contribution in [0.5, 0.6) is 0 Å². The molecule has 8 heteroatoms. The molecule has 1 aromatic carbocycles. The highest BCUT2D eigenvalue weighted by Gasteiger charge is 2.36. The van der Waals surface area contributed by atoms with Gasteiger partial charge >= 0.3 is 6.18 Å². The minimum atomic E-state index is -4.63. The molecule has 4 nitrogen and oxygen atoms in total. The molecule has 0 unspecified atom stereocenters. The summed E-state index contributed by atoms with van der Waals surface area (Å²) < 4.78 is 39.2. The van der Waals surface area contributed by atoms with Crippen LogP contribution in [0.25, 0.3) is 10.9 Å². The SMILES string of the molecule is C[C@@H]1CCC[C@H](C)N1C(=O)CSc1nc(C(F)(F)F)nc2ccccc12. The van der Waals surface area contributed by atoms with E-state index >= 15 is 0 Å². The minimum absolute atomic E-state index is 0.0625. The number of alkyl halides is 3. The molecule has 0 radical (unpaired) electrons. The number of rotatable bonds is 3. The van der Waals surface area contributed by atoms with E-state index < -0.39 is 12.0 Å². The van der Waals surface area contributed by atoms with Gasteiger partial charge in [-0.2, -0.15) is 13.2 Å². The van der Waals surface area contributed by atoms with Gasteiger partial charge in [0.25, 0.3) is 0 Å². The molecule has 1 amide bonds. The Morgan fingerprint density at radius 2 is 1.85 bits per heavy atom. The highest BCUT2D eigenvalue weighted by molar-refractivity contribution is 8.00. The first kappa shape index (κ1) is 18.9. The fraction of sp³-hybridized carbons (Fsp3) is 0.500. The number of para-hydroxylation sites is 1. The van der Waals surface area contributed by atoms with Crippen molar-refractivity contribution in [2.24, 2.45) is 0 Å². The zero-order chi connectivity index (χ0) is 18.9. The van der Waals surface area contributed by atoms with Crippen LogP contribution >= 0.6 is 11.8 Å². The standard InChI is InChI=1S/C18H20F3N3OS/c1-11-6-5-7-12(2)24(11)15(25)10-26-16-13-8-3-4-9-14(13)22-17(23-16)18(19,20)21/h3-4,8-9,11-12H,5-7,10H2,1-2H3/t11-,12+. The van der Waals surface area contributed by atoms with Crippen LogP contribution in [0.1, 0.15) is 38.9 Å². The van der Waals surface area contributed by atoms with E-state index in [4.69, 9.17) is 0 Å². The first-order valence-corrected chi connectivity index (χ1v) is 9.54. The maximum Gasteiger partial charge on any atom is 0.451 e. The second-order valence-electron chi connectivity index (χ2n) is 6.59. The van der Waals surface area contributed by atoms with Gasteiger partial charge in [0, 0.05) is 17.5 Å². The van der Waals surface area contributed by atoms with E-state index in [0.717, 1.165) is 31.0 Å². The molecule has 2 atom stereocenters. The smallest absolute Gasteiger partial charge is 0.337 e. The van der Waals surface area contributed by atoms with Gasteiger partial charge < -0.3 is 4.90 Å². The highest BCUT2D eigenvalue weighted by atomic mass is 32.2. The lowest BCUT2D eigenvalue weighted by atomic mass is 9.98. The number of benzene rings is 1. The molecule has 2 aromatic rings. The number of hydrogen-bond donors (Lipinski definition) is 0. The summed E-state index contributed by atoms with van der Waals surface area (Å²) in [6.07, 6.45) is -1.63. The van der Waals surface area contributed by atoms with Gasteiger partial charge in [-0.3, -0.25) is 4.79 Å². The third kappa shape index (κ3) is 3.95. The van der Waals surface area contributed by atoms with Gasteiger partial charge in [-0.15, -0.1) is 0 Å². The summed E-state index contributed by atoms with van der Waals surface area (Å²) in [6, 6.07) is 6.85. The molecule has 0 bridgehead atoms. The van der Waals surface area contributed by atoms with Crippen LogP contribution in [-0.2, 0) is 11.0 Å². The third-order valence-corrected chi connectivity index (χ3v) is 5.61. The van der Waals surface area contributed by atoms with Crippen molar-refractivity contribution in [3.63, 3.8) is 0 Å². The van der Waals surface area contributed by atoms with Crippen molar-refractivity contribution in [2.75, 3.05) is 5.75 Å². The van der Waals surface area contributed by atoms with Crippen molar-refractivity contribution in [1.29, 1.82) is 0 Å². The summed E-state index contributed by atoms with van der Waals surface area (Å²) in [5.41, 5.74) is 0.226. The van der Waals surface area contributed by atoms with E-state index in [-0.39, 0.29) is 34.3 Å². The van der Waals surface area contributed by atoms with Crippen LogP contribution in [0.15, 0.2) is 29.3 Å². The number of likely N-dealkylation sites (tertiary alicyclic amines) is 1. The monoisotopic (exact) mass is 383 g/mol. The summed E-state index contributed by atoms with van der Waals surface area (Å²) in [7, 11) is 0. The lowest BCUT2D eigenvalue weighted by molar-refractivity contribution is -0.145. The van der Waals surface area contributed by atoms with Crippen LogP contribution in [0.3, 0.4) is 0 Å². The van der Waals surface area contributed by atoms with Gasteiger partial charge in [0.1, 0.15) is 5.03 Å². The third-order valence-electron chi connectivity index (χ3n) is 4.64. The maximum atomic E-state index is 13.1. The number of aromatic nitrogens is 2. The molecule has 1 fully saturated rings. The predicted octanol–water partition coefficient (Wildman–Crippen LogP) is 4.53. The first-order valence-electron chi connectivity index (χ1n) is 8.55. The Kier molecular flexibility index (Phi) is 5.41. The number of carbonyl (C=O) groups excluding carboxylic acids is 1. The number of amides is 1. The van der Waals surface area contributed by atoms with Crippen molar-refractivity contribution in [3.05, 3.63) is 30.1 Å². The van der Waals surface area contributed by atoms with Gasteiger partial charge in [-0.25, -0.2) is 9.97 Å². The first-order chi connectivity index (χ1) is 12.3. The van der Waals surface area contributed by atoms with E-state index in [1.807, 2.05) is 18.7 Å². The lowest BCUT2D eigenvalue weighted by Gasteiger charge is -2.39. The molecule has 26 heavy (non-hydrogen) atoms. The second kappa shape index (κ2) is 7.42. The van der Waals surface area contributed by atoms with E-state index in [9.17, 15) is 18.0 Å². The fourth-order valence-corrected chi connectivity index (χ4v) is 4.29. The van der Waals surface area contributed by atoms with Crippen LogP contribution in [0.4, 0.5) is 13.2 Å². The Morgan fingerprint density at radius 1 is 1.19 bits per heavy atom. The Bertz CT molecular complexity index is 802. The Balaban J connectivity index is 1.85. The molecule has 3 rings (SSSR count). The Morgan fingerprint density at radius 3 is 2.50 bits per heavy atom. The quantitative estimate of drug-likeness (QED) is 0.577. The van der Waals surface area contributed by atoms with Gasteiger partial charge in [0.15, 0.2) is 0 Å². The molecule has 0 spiro atoms. The van der Waals surface area contributed by atoms with Crippen molar-refractivity contribution < 1.29 is 18.0 Å². The van der Waals surface area contributed by atoms with E-state index in [2.05, 4.69) is 9.97 Å². The summed E-state index contributed by atoms with van der Waals surface area (Å²) in [4.78, 5) is 21.8. The summed E-state index contributed by atoms with van der Waals surface area (Å²) in [5, 5.41) is 0.714. The molecule has 1 saturated heterocycles. The van der Waals surface area contributed by atoms with Crippen molar-refractivity contribution in [1.82, 2.24) is 14.9 Å². The average Bonchev–Trinajstić information content (AvgIpc) is 2.58. The average molecular weight is 383 g/mol. The predicted molar refractivity (Wildman–Crippen MR) is 94.9 cm³/mol. The second-order valence-corrected chi connectivity index (χ2v) is 7.55. The van der Waals surface area contributed by atoms with Crippen LogP contribution in [0, 0.1) is 0 Å². The molecule has 1 aromatic heterocycles. The number of halogens is 3. The van der Waals surface area contributed by atoms with Gasteiger partial charge in [0.2, 0.25) is 11.7 Å². The van der Waals surface area contributed by atoms with E-state index in [0.29, 0.717) is 5.39 Å². The Labute approximate surface area is 154 Å². The van der Waals surface area contributed by atoms with Gasteiger partial charge in [-0.1, -0.05) is 30.0 Å². The molecule has 0 N–H and O–H groups in total. The molecule has 0 saturated carbocycles. The van der Waals surface area contributed by atoms with Gasteiger partial charge in [-0.05, 0) is 39.2 Å². The van der Waals surface area contributed by atoms with Crippen molar-refractivity contribution >= 4 is 28.6 Å². The maximum absolute atomic E-state index is 13.1. The van der Waals surface area contributed by atoms with Crippen LogP contribution in [0.2, 0.25) is 0 Å². The number of carbonyl (C=O) groups is 1. The number of nitrogens with zero attached hydrogens (tertiary/aromatic N) is 3. The molecule has 1 aliphatic rings. The van der Waals surface area contributed by atoms with Gasteiger partial charge in [0.05, 0.1) is 11.3 Å². The zero-order valence-corrected chi connectivity index (χ0v) is 15.4. The number of fused-ring (bicyclic) bond motifs is 1. The summed E-state index contributed by atoms with van der Waals surface area (Å²) in [5.74, 6) is -1.18. The number of thioether (sulfide) groups is 1. The largest absolute Gasteiger partial charge is 0.451 e. The minimum Gasteiger partial charge on any atom is -0.337 e. The summed E-state index contributed by atoms with van der Waals surface area (Å²) >= 11 is 1.04. The summed E-state index contributed by atoms with van der Waals surface area (Å²) in [6.45, 7) is 4.03. The molecule has 1 aliphatic heterocycles. The number of hydrogen-bond acceptors (Lipinski definition) is 4. The van der Waals surface area contributed by atoms with Crippen molar-refractivity contribution in [3.8, 4) is 0 Å². The van der Waals surface area contributed by atoms with Crippen molar-refractivity contribution in [2.45, 2.75) is 56.4 Å². The molecule has 2 heterocycles. The van der Waals surface area contributed by atoms with Crippen LogP contribution < -0.4 is 0 Å². The molecular formula is C18H20F3N3OS. The lowest BCUT2D eigenvalue weighted by Crippen LogP contribution is -2.48. The highest BCUT2D eigenvalue weighted by Crippen LogP contribution is 2.32. The zero-order valence-electron chi connectivity index (χ0n) is 14.6. The molecule has 0 aliphatic carbocycles. The normalized spacial score (nSPS) is 21.2. The number of piperidine rings is 1. The topological polar surface area (TPSA) is 46.1 Å². The van der Waals surface area contributed by atoms with E-state index in [1.165, 1.54) is 6.07 Å². The fourth-order valence-electron chi connectivity index (χ4n) is 3.40. The molecule has 140 valence electrons.